The minimum atomic E-state index is -5.82. The van der Waals surface area contributed by atoms with Gasteiger partial charge in [-0.2, -0.15) is 30.7 Å². The largest absolute Gasteiger partial charge is 0.469 e. The van der Waals surface area contributed by atoms with Crippen LogP contribution in [0, 0.1) is 0 Å². The van der Waals surface area contributed by atoms with Crippen molar-refractivity contribution < 1.29 is 44.7 Å². The lowest BCUT2D eigenvalue weighted by molar-refractivity contribution is -0.349. The predicted octanol–water partition coefficient (Wildman–Crippen LogP) is 3.87. The molecule has 0 rings (SSSR count). The van der Waals surface area contributed by atoms with Crippen LogP contribution in [0.5, 0.6) is 0 Å². The highest BCUT2D eigenvalue weighted by Gasteiger charge is 2.66. The van der Waals surface area contributed by atoms with Crippen molar-refractivity contribution in [3.8, 4) is 0 Å². The molecule has 0 N–H and O–H groups in total. The second-order valence-electron chi connectivity index (χ2n) is 3.05. The number of carbonyl (C=O) groups is 1. The topological polar surface area (TPSA) is 26.3 Å². The average molecular weight is 302 g/mol. The van der Waals surface area contributed by atoms with Crippen LogP contribution in [0.1, 0.15) is 13.8 Å². The van der Waals surface area contributed by atoms with E-state index in [1.807, 2.05) is 0 Å². The summed E-state index contributed by atoms with van der Waals surface area (Å²) in [7, 11) is 0. The summed E-state index contributed by atoms with van der Waals surface area (Å²) in [5.41, 5.74) is 0. The van der Waals surface area contributed by atoms with E-state index in [0.717, 1.165) is 0 Å². The minimum Gasteiger partial charge on any atom is -0.393 e. The monoisotopic (exact) mass is 302 g/mol. The number of halogens is 8. The Hall–Kier alpha value is -1.35. The molecule has 0 aliphatic rings. The summed E-state index contributed by atoms with van der Waals surface area (Å²) < 4.78 is 101. The molecule has 0 fully saturated rings. The Morgan fingerprint density at radius 3 is 1.89 bits per heavy atom. The van der Waals surface area contributed by atoms with Crippen molar-refractivity contribution in [2.24, 2.45) is 0 Å². The van der Waals surface area contributed by atoms with E-state index in [-0.39, 0.29) is 13.5 Å². The van der Waals surface area contributed by atoms with Gasteiger partial charge in [0.1, 0.15) is 0 Å². The Balaban J connectivity index is 0. The Morgan fingerprint density at radius 2 is 1.58 bits per heavy atom. The number of esters is 1. The average Bonchev–Trinajstić information content (AvgIpc) is 2.13. The molecule has 0 spiro atoms. The first kappa shape index (κ1) is 20.0. The van der Waals surface area contributed by atoms with Crippen LogP contribution in [-0.4, -0.2) is 30.3 Å². The fraction of sp³-hybridized carbons (Fsp3) is 0.667. The molecule has 1 atom stereocenters. The van der Waals surface area contributed by atoms with Gasteiger partial charge in [0.05, 0.1) is 6.42 Å². The van der Waals surface area contributed by atoms with Crippen molar-refractivity contribution in [3.05, 3.63) is 12.7 Å². The van der Waals surface area contributed by atoms with Gasteiger partial charge in [-0.1, -0.05) is 14.0 Å². The van der Waals surface area contributed by atoms with Crippen molar-refractivity contribution in [1.29, 1.82) is 0 Å². The van der Waals surface area contributed by atoms with Crippen LogP contribution in [0.15, 0.2) is 12.7 Å². The molecule has 2 nitrogen and oxygen atoms in total. The van der Waals surface area contributed by atoms with Gasteiger partial charge in [0.25, 0.3) is 0 Å². The smallest absolute Gasteiger partial charge is 0.393 e. The predicted molar refractivity (Wildman–Crippen MR) is 48.5 cm³/mol. The molecule has 0 saturated heterocycles. The molecular weight excluding hydrogens is 292 g/mol. The quantitative estimate of drug-likeness (QED) is 0.438. The van der Waals surface area contributed by atoms with Gasteiger partial charge >= 0.3 is 24.2 Å². The summed E-state index contributed by atoms with van der Waals surface area (Å²) in [6.45, 7) is 2.60. The molecule has 0 saturated carbocycles. The van der Waals surface area contributed by atoms with E-state index in [4.69, 9.17) is 0 Å². The zero-order chi connectivity index (χ0) is 14.8. The fourth-order valence-electron chi connectivity index (χ4n) is 0.750. The van der Waals surface area contributed by atoms with Crippen molar-refractivity contribution in [2.45, 2.75) is 38.2 Å². The molecule has 0 aromatic heterocycles. The Morgan fingerprint density at radius 1 is 1.16 bits per heavy atom. The Labute approximate surface area is 103 Å². The third-order valence-corrected chi connectivity index (χ3v) is 1.59. The van der Waals surface area contributed by atoms with E-state index in [2.05, 4.69) is 11.3 Å². The van der Waals surface area contributed by atoms with E-state index < -0.39 is 36.8 Å². The summed E-state index contributed by atoms with van der Waals surface area (Å²) in [4.78, 5) is 10.3. The maximum Gasteiger partial charge on any atom is 0.469 e. The molecule has 0 amide bonds. The Kier molecular flexibility index (Phi) is 6.52. The first-order valence-corrected chi connectivity index (χ1v) is 4.15. The first-order chi connectivity index (χ1) is 7.83. The van der Waals surface area contributed by atoms with Gasteiger partial charge in [-0.3, -0.25) is 0 Å². The zero-order valence-corrected chi connectivity index (χ0v) is 8.41. The number of ether oxygens (including phenoxy) is 1. The van der Waals surface area contributed by atoms with E-state index in [9.17, 15) is 39.9 Å². The van der Waals surface area contributed by atoms with Crippen molar-refractivity contribution in [3.63, 3.8) is 0 Å². The van der Waals surface area contributed by atoms with Crippen LogP contribution in [-0.2, 0) is 9.53 Å². The van der Waals surface area contributed by atoms with Gasteiger partial charge in [0, 0.05) is 6.08 Å². The number of carbonyl (C=O) groups excluding carboxylic acids is 1. The summed E-state index contributed by atoms with van der Waals surface area (Å²) in [5, 5.41) is 0. The zero-order valence-electron chi connectivity index (χ0n) is 8.41. The normalized spacial score (nSPS) is 14.3. The van der Waals surface area contributed by atoms with Gasteiger partial charge in [0.15, 0.2) is 6.17 Å². The number of hydrogen-bond donors (Lipinski definition) is 0. The summed E-state index contributed by atoms with van der Waals surface area (Å²) in [5.74, 6) is -7.85. The molecule has 1 unspecified atom stereocenters. The highest BCUT2D eigenvalue weighted by atomic mass is 19.4. The lowest BCUT2D eigenvalue weighted by Gasteiger charge is -2.28. The molecule has 0 aromatic carbocycles. The van der Waals surface area contributed by atoms with Crippen LogP contribution in [0.3, 0.4) is 0 Å². The SMILES string of the molecule is C.C=CC(=O)OC(F)(F)C(F)(F)C(F)CC(F)(F)F. The summed E-state index contributed by atoms with van der Waals surface area (Å²) in [6.07, 6.45) is -18.1. The van der Waals surface area contributed by atoms with Crippen molar-refractivity contribution in [2.75, 3.05) is 0 Å². The molecule has 0 aromatic rings. The second-order valence-corrected chi connectivity index (χ2v) is 3.05. The molecule has 0 radical (unpaired) electrons. The van der Waals surface area contributed by atoms with Crippen molar-refractivity contribution in [1.82, 2.24) is 0 Å². The highest BCUT2D eigenvalue weighted by molar-refractivity contribution is 5.81. The second kappa shape index (κ2) is 6.20. The van der Waals surface area contributed by atoms with Gasteiger partial charge in [0.2, 0.25) is 0 Å². The lowest BCUT2D eigenvalue weighted by Crippen LogP contribution is -2.51. The standard InChI is InChI=1S/C8H6F8O2.CH4/c1-2-5(17)18-8(15,16)7(13,14)4(9)3-6(10,11)12;/h2,4H,1,3H2;1H4. The lowest BCUT2D eigenvalue weighted by atomic mass is 10.1. The van der Waals surface area contributed by atoms with Crippen LogP contribution in [0.2, 0.25) is 0 Å². The van der Waals surface area contributed by atoms with Gasteiger partial charge in [-0.15, -0.1) is 0 Å². The van der Waals surface area contributed by atoms with Gasteiger partial charge < -0.3 is 4.74 Å². The summed E-state index contributed by atoms with van der Waals surface area (Å²) >= 11 is 0. The van der Waals surface area contributed by atoms with Crippen LogP contribution in [0.4, 0.5) is 35.1 Å². The third-order valence-electron chi connectivity index (χ3n) is 1.59. The third kappa shape index (κ3) is 5.43. The molecule has 0 bridgehead atoms. The van der Waals surface area contributed by atoms with E-state index in [0.29, 0.717) is 0 Å². The van der Waals surface area contributed by atoms with Crippen LogP contribution >= 0.6 is 0 Å². The highest BCUT2D eigenvalue weighted by Crippen LogP contribution is 2.42. The molecule has 0 heterocycles. The summed E-state index contributed by atoms with van der Waals surface area (Å²) in [6, 6.07) is 0. The number of alkyl halides is 8. The van der Waals surface area contributed by atoms with Gasteiger partial charge in [-0.25, -0.2) is 9.18 Å². The molecule has 114 valence electrons. The van der Waals surface area contributed by atoms with E-state index in [1.54, 1.807) is 0 Å². The van der Waals surface area contributed by atoms with Crippen LogP contribution in [0.25, 0.3) is 0 Å². The van der Waals surface area contributed by atoms with E-state index >= 15 is 0 Å². The molecular formula is C9H10F8O2. The first-order valence-electron chi connectivity index (χ1n) is 4.15. The number of hydrogen-bond acceptors (Lipinski definition) is 2. The molecule has 0 aliphatic carbocycles. The van der Waals surface area contributed by atoms with E-state index in [1.165, 1.54) is 0 Å². The number of rotatable bonds is 5. The maximum atomic E-state index is 12.7. The Bertz CT molecular complexity index is 323. The van der Waals surface area contributed by atoms with Crippen molar-refractivity contribution >= 4 is 5.97 Å². The van der Waals surface area contributed by atoms with Gasteiger partial charge in [-0.05, 0) is 0 Å². The van der Waals surface area contributed by atoms with Crippen LogP contribution < -0.4 is 0 Å². The molecule has 19 heavy (non-hydrogen) atoms. The minimum absolute atomic E-state index is 0. The molecule has 10 heteroatoms. The fourth-order valence-corrected chi connectivity index (χ4v) is 0.750. The maximum absolute atomic E-state index is 12.7. The molecule has 0 aliphatic heterocycles.